The molecular formula is C8H11N5O. The van der Waals surface area contributed by atoms with E-state index in [1.807, 2.05) is 6.92 Å². The van der Waals surface area contributed by atoms with Crippen molar-refractivity contribution in [2.75, 3.05) is 5.73 Å². The first-order valence-corrected chi connectivity index (χ1v) is 4.32. The van der Waals surface area contributed by atoms with Crippen molar-refractivity contribution in [1.29, 1.82) is 0 Å². The van der Waals surface area contributed by atoms with Gasteiger partial charge < -0.3 is 5.73 Å². The van der Waals surface area contributed by atoms with Gasteiger partial charge in [-0.15, -0.1) is 0 Å². The lowest BCUT2D eigenvalue weighted by Gasteiger charge is -1.99. The number of hydrogen-bond acceptors (Lipinski definition) is 4. The number of anilines is 1. The van der Waals surface area contributed by atoms with Gasteiger partial charge in [0, 0.05) is 13.6 Å². The van der Waals surface area contributed by atoms with Gasteiger partial charge in [0.2, 0.25) is 0 Å². The molecule has 0 radical (unpaired) electrons. The van der Waals surface area contributed by atoms with Crippen molar-refractivity contribution in [3.05, 3.63) is 16.7 Å². The summed E-state index contributed by atoms with van der Waals surface area (Å²) in [5.74, 6) is 0.239. The number of aromatic nitrogens is 4. The Hall–Kier alpha value is -1.85. The number of rotatable bonds is 1. The van der Waals surface area contributed by atoms with Crippen LogP contribution in [0.1, 0.15) is 6.92 Å². The Morgan fingerprint density at radius 3 is 2.93 bits per heavy atom. The Kier molecular flexibility index (Phi) is 1.77. The van der Waals surface area contributed by atoms with Gasteiger partial charge in [-0.05, 0) is 6.92 Å². The van der Waals surface area contributed by atoms with Crippen LogP contribution in [0.5, 0.6) is 0 Å². The average molecular weight is 193 g/mol. The summed E-state index contributed by atoms with van der Waals surface area (Å²) in [7, 11) is 1.71. The molecule has 0 aromatic carbocycles. The highest BCUT2D eigenvalue weighted by atomic mass is 16.1. The van der Waals surface area contributed by atoms with Crippen molar-refractivity contribution in [2.24, 2.45) is 7.05 Å². The maximum absolute atomic E-state index is 11.8. The van der Waals surface area contributed by atoms with Crippen LogP contribution in [0.25, 0.3) is 11.0 Å². The molecular weight excluding hydrogens is 182 g/mol. The van der Waals surface area contributed by atoms with Crippen LogP contribution in [0, 0.1) is 0 Å². The van der Waals surface area contributed by atoms with Crippen LogP contribution in [-0.2, 0) is 13.6 Å². The van der Waals surface area contributed by atoms with Crippen molar-refractivity contribution >= 4 is 16.9 Å². The van der Waals surface area contributed by atoms with Gasteiger partial charge >= 0.3 is 0 Å². The summed E-state index contributed by atoms with van der Waals surface area (Å²) in [5.41, 5.74) is 6.01. The molecule has 0 aliphatic heterocycles. The molecule has 0 atom stereocenters. The van der Waals surface area contributed by atoms with Crippen molar-refractivity contribution in [3.8, 4) is 0 Å². The molecule has 2 aromatic heterocycles. The molecule has 0 aliphatic rings. The van der Waals surface area contributed by atoms with Crippen molar-refractivity contribution in [2.45, 2.75) is 13.5 Å². The predicted molar refractivity (Wildman–Crippen MR) is 52.9 cm³/mol. The van der Waals surface area contributed by atoms with Crippen molar-refractivity contribution in [3.63, 3.8) is 0 Å². The van der Waals surface area contributed by atoms with Crippen LogP contribution in [0.4, 0.5) is 5.82 Å². The van der Waals surface area contributed by atoms with E-state index in [2.05, 4.69) is 10.1 Å². The summed E-state index contributed by atoms with van der Waals surface area (Å²) < 4.78 is 3.01. The predicted octanol–water partition coefficient (Wildman–Crippen LogP) is -0.268. The Morgan fingerprint density at radius 2 is 2.29 bits per heavy atom. The van der Waals surface area contributed by atoms with E-state index in [0.29, 0.717) is 17.6 Å². The molecule has 0 bridgehead atoms. The number of aryl methyl sites for hydroxylation is 2. The standard InChI is InChI=1S/C8H11N5O/c1-3-13-4-10-7-5(8(13)14)6(9)11-12(7)2/h4H,3H2,1-2H3,(H2,9,11). The van der Waals surface area contributed by atoms with Gasteiger partial charge in [0.05, 0.1) is 6.33 Å². The summed E-state index contributed by atoms with van der Waals surface area (Å²) in [6, 6.07) is 0. The molecule has 2 rings (SSSR count). The van der Waals surface area contributed by atoms with Gasteiger partial charge in [-0.25, -0.2) is 9.67 Å². The maximum Gasteiger partial charge on any atom is 0.266 e. The summed E-state index contributed by atoms with van der Waals surface area (Å²) in [4.78, 5) is 15.9. The zero-order chi connectivity index (χ0) is 10.3. The summed E-state index contributed by atoms with van der Waals surface area (Å²) in [5, 5.41) is 4.34. The van der Waals surface area contributed by atoms with Crippen molar-refractivity contribution < 1.29 is 0 Å². The molecule has 0 saturated carbocycles. The van der Waals surface area contributed by atoms with Crippen LogP contribution in [0.3, 0.4) is 0 Å². The fourth-order valence-corrected chi connectivity index (χ4v) is 1.43. The first kappa shape index (κ1) is 8.74. The zero-order valence-electron chi connectivity index (χ0n) is 8.06. The quantitative estimate of drug-likeness (QED) is 0.676. The Morgan fingerprint density at radius 1 is 1.57 bits per heavy atom. The van der Waals surface area contributed by atoms with Gasteiger partial charge in [0.1, 0.15) is 5.39 Å². The largest absolute Gasteiger partial charge is 0.381 e. The van der Waals surface area contributed by atoms with E-state index < -0.39 is 0 Å². The fourth-order valence-electron chi connectivity index (χ4n) is 1.43. The molecule has 2 heterocycles. The highest BCUT2D eigenvalue weighted by Gasteiger charge is 2.11. The van der Waals surface area contributed by atoms with Crippen LogP contribution < -0.4 is 11.3 Å². The summed E-state index contributed by atoms with van der Waals surface area (Å²) >= 11 is 0. The third-order valence-corrected chi connectivity index (χ3v) is 2.18. The average Bonchev–Trinajstić information content (AvgIpc) is 2.44. The van der Waals surface area contributed by atoms with Crippen LogP contribution in [0.15, 0.2) is 11.1 Å². The lowest BCUT2D eigenvalue weighted by molar-refractivity contribution is 0.711. The van der Waals surface area contributed by atoms with Gasteiger partial charge in [-0.1, -0.05) is 0 Å². The van der Waals surface area contributed by atoms with E-state index in [4.69, 9.17) is 5.73 Å². The van der Waals surface area contributed by atoms with E-state index in [1.54, 1.807) is 7.05 Å². The summed E-state index contributed by atoms with van der Waals surface area (Å²) in [6.07, 6.45) is 1.51. The van der Waals surface area contributed by atoms with E-state index in [9.17, 15) is 4.79 Å². The summed E-state index contributed by atoms with van der Waals surface area (Å²) in [6.45, 7) is 2.46. The third-order valence-electron chi connectivity index (χ3n) is 2.18. The minimum absolute atomic E-state index is 0.136. The molecule has 0 spiro atoms. The maximum atomic E-state index is 11.8. The molecule has 6 heteroatoms. The van der Waals surface area contributed by atoms with Gasteiger partial charge in [0.25, 0.3) is 5.56 Å². The molecule has 0 saturated heterocycles. The molecule has 14 heavy (non-hydrogen) atoms. The monoisotopic (exact) mass is 193 g/mol. The SMILES string of the molecule is CCn1cnc2c(c(N)nn2C)c1=O. The second-order valence-corrected chi connectivity index (χ2v) is 3.04. The second kappa shape index (κ2) is 2.83. The number of fused-ring (bicyclic) bond motifs is 1. The van der Waals surface area contributed by atoms with Crippen LogP contribution in [-0.4, -0.2) is 19.3 Å². The molecule has 2 N–H and O–H groups in total. The molecule has 74 valence electrons. The highest BCUT2D eigenvalue weighted by molar-refractivity contribution is 5.85. The Balaban J connectivity index is 2.95. The Labute approximate surface area is 80.0 Å². The molecule has 2 aromatic rings. The number of nitrogen functional groups attached to an aromatic ring is 1. The van der Waals surface area contributed by atoms with Gasteiger partial charge in [-0.2, -0.15) is 5.10 Å². The topological polar surface area (TPSA) is 78.7 Å². The van der Waals surface area contributed by atoms with E-state index in [-0.39, 0.29) is 11.4 Å². The molecule has 0 fully saturated rings. The lowest BCUT2D eigenvalue weighted by atomic mass is 10.4. The zero-order valence-corrected chi connectivity index (χ0v) is 8.06. The number of hydrogen-bond donors (Lipinski definition) is 1. The third kappa shape index (κ3) is 1.00. The Bertz CT molecular complexity index is 538. The normalized spacial score (nSPS) is 11.0. The second-order valence-electron chi connectivity index (χ2n) is 3.04. The lowest BCUT2D eigenvalue weighted by Crippen LogP contribution is -2.19. The van der Waals surface area contributed by atoms with Gasteiger partial charge in [-0.3, -0.25) is 9.36 Å². The van der Waals surface area contributed by atoms with E-state index in [0.717, 1.165) is 0 Å². The van der Waals surface area contributed by atoms with Crippen molar-refractivity contribution in [1.82, 2.24) is 19.3 Å². The van der Waals surface area contributed by atoms with E-state index in [1.165, 1.54) is 15.6 Å². The minimum atomic E-state index is -0.136. The molecule has 6 nitrogen and oxygen atoms in total. The molecule has 0 unspecified atom stereocenters. The van der Waals surface area contributed by atoms with E-state index >= 15 is 0 Å². The fraction of sp³-hybridized carbons (Fsp3) is 0.375. The van der Waals surface area contributed by atoms with Crippen LogP contribution >= 0.6 is 0 Å². The van der Waals surface area contributed by atoms with Crippen LogP contribution in [0.2, 0.25) is 0 Å². The molecule has 0 amide bonds. The number of nitrogens with two attached hydrogens (primary N) is 1. The van der Waals surface area contributed by atoms with Gasteiger partial charge in [0.15, 0.2) is 11.5 Å². The first-order valence-electron chi connectivity index (χ1n) is 4.32. The smallest absolute Gasteiger partial charge is 0.266 e. The highest BCUT2D eigenvalue weighted by Crippen LogP contribution is 2.11. The number of nitrogens with zero attached hydrogens (tertiary/aromatic N) is 4. The first-order chi connectivity index (χ1) is 6.65. The minimum Gasteiger partial charge on any atom is -0.381 e. The molecule has 0 aliphatic carbocycles.